The summed E-state index contributed by atoms with van der Waals surface area (Å²) in [5.74, 6) is 0.348. The predicted octanol–water partition coefficient (Wildman–Crippen LogP) is 3.18. The highest BCUT2D eigenvalue weighted by atomic mass is 16.5. The van der Waals surface area contributed by atoms with Crippen LogP contribution in [0.1, 0.15) is 38.7 Å². The van der Waals surface area contributed by atoms with Crippen molar-refractivity contribution in [2.45, 2.75) is 39.5 Å². The van der Waals surface area contributed by atoms with E-state index in [1.807, 2.05) is 24.3 Å². The minimum Gasteiger partial charge on any atom is -0.465 e. The monoisotopic (exact) mass is 249 g/mol. The van der Waals surface area contributed by atoms with E-state index in [2.05, 4.69) is 13.8 Å². The fourth-order valence-electron chi connectivity index (χ4n) is 1.81. The van der Waals surface area contributed by atoms with Crippen LogP contribution < -0.4 is 5.73 Å². The molecule has 0 bridgehead atoms. The van der Waals surface area contributed by atoms with Crippen LogP contribution in [0.2, 0.25) is 0 Å². The van der Waals surface area contributed by atoms with E-state index in [0.29, 0.717) is 25.4 Å². The summed E-state index contributed by atoms with van der Waals surface area (Å²) in [5, 5.41) is 0. The molecule has 0 heterocycles. The first-order valence-electron chi connectivity index (χ1n) is 6.66. The molecule has 0 aliphatic rings. The van der Waals surface area contributed by atoms with Gasteiger partial charge < -0.3 is 10.5 Å². The molecule has 0 aliphatic carbocycles. The van der Waals surface area contributed by atoms with E-state index in [4.69, 9.17) is 10.5 Å². The summed E-state index contributed by atoms with van der Waals surface area (Å²) in [5.41, 5.74) is 7.57. The predicted molar refractivity (Wildman–Crippen MR) is 74.2 cm³/mol. The second-order valence-corrected chi connectivity index (χ2v) is 4.56. The van der Waals surface area contributed by atoms with Crippen LogP contribution >= 0.6 is 0 Å². The van der Waals surface area contributed by atoms with Crippen LogP contribution in [-0.2, 0) is 16.0 Å². The van der Waals surface area contributed by atoms with Crippen LogP contribution in [0.4, 0.5) is 5.69 Å². The van der Waals surface area contributed by atoms with Gasteiger partial charge in [-0.05, 0) is 24.0 Å². The number of hydrogen-bond acceptors (Lipinski definition) is 3. The molecule has 0 atom stereocenters. The molecule has 0 aliphatic heterocycles. The molecule has 3 nitrogen and oxygen atoms in total. The van der Waals surface area contributed by atoms with Gasteiger partial charge in [-0.1, -0.05) is 44.9 Å². The number of rotatable bonds is 7. The molecule has 3 heteroatoms. The molecule has 0 fully saturated rings. The van der Waals surface area contributed by atoms with Crippen molar-refractivity contribution >= 4 is 11.7 Å². The van der Waals surface area contributed by atoms with Crippen molar-refractivity contribution in [3.8, 4) is 0 Å². The van der Waals surface area contributed by atoms with Gasteiger partial charge in [0.1, 0.15) is 0 Å². The maximum Gasteiger partial charge on any atom is 0.306 e. The molecule has 1 aromatic rings. The number of para-hydroxylation sites is 1. The third-order valence-corrected chi connectivity index (χ3v) is 3.29. The first kappa shape index (κ1) is 14.6. The molecule has 100 valence electrons. The number of anilines is 1. The SMILES string of the molecule is CCC(CC)COC(=O)CCc1ccccc1N. The van der Waals surface area contributed by atoms with E-state index in [1.165, 1.54) is 0 Å². The Morgan fingerprint density at radius 3 is 2.56 bits per heavy atom. The van der Waals surface area contributed by atoms with Gasteiger partial charge in [-0.2, -0.15) is 0 Å². The summed E-state index contributed by atoms with van der Waals surface area (Å²) in [6.07, 6.45) is 3.15. The summed E-state index contributed by atoms with van der Waals surface area (Å²) in [4.78, 5) is 11.6. The summed E-state index contributed by atoms with van der Waals surface area (Å²) < 4.78 is 5.27. The van der Waals surface area contributed by atoms with E-state index >= 15 is 0 Å². The van der Waals surface area contributed by atoms with Gasteiger partial charge in [-0.3, -0.25) is 4.79 Å². The lowest BCUT2D eigenvalue weighted by Crippen LogP contribution is -2.13. The van der Waals surface area contributed by atoms with Gasteiger partial charge in [0.2, 0.25) is 0 Å². The molecule has 1 rings (SSSR count). The number of nitrogen functional groups attached to an aromatic ring is 1. The fraction of sp³-hybridized carbons (Fsp3) is 0.533. The van der Waals surface area contributed by atoms with Crippen molar-refractivity contribution in [2.75, 3.05) is 12.3 Å². The number of ether oxygens (including phenoxy) is 1. The Labute approximate surface area is 109 Å². The molecule has 0 amide bonds. The number of benzene rings is 1. The van der Waals surface area contributed by atoms with E-state index in [1.54, 1.807) is 0 Å². The van der Waals surface area contributed by atoms with Gasteiger partial charge in [0, 0.05) is 12.1 Å². The van der Waals surface area contributed by atoms with Gasteiger partial charge in [-0.25, -0.2) is 0 Å². The van der Waals surface area contributed by atoms with Crippen LogP contribution in [0, 0.1) is 5.92 Å². The van der Waals surface area contributed by atoms with E-state index < -0.39 is 0 Å². The molecule has 18 heavy (non-hydrogen) atoms. The number of carbonyl (C=O) groups is 1. The van der Waals surface area contributed by atoms with Crippen LogP contribution in [0.5, 0.6) is 0 Å². The molecular formula is C15H23NO2. The van der Waals surface area contributed by atoms with Crippen molar-refractivity contribution in [3.05, 3.63) is 29.8 Å². The lowest BCUT2D eigenvalue weighted by Gasteiger charge is -2.12. The molecule has 0 saturated carbocycles. The Morgan fingerprint density at radius 2 is 1.94 bits per heavy atom. The molecule has 0 spiro atoms. The third-order valence-electron chi connectivity index (χ3n) is 3.29. The zero-order valence-corrected chi connectivity index (χ0v) is 11.3. The second-order valence-electron chi connectivity index (χ2n) is 4.56. The van der Waals surface area contributed by atoms with Crippen LogP contribution in [0.15, 0.2) is 24.3 Å². The maximum absolute atomic E-state index is 11.6. The van der Waals surface area contributed by atoms with Gasteiger partial charge >= 0.3 is 5.97 Å². The Kier molecular flexibility index (Phi) is 6.26. The normalized spacial score (nSPS) is 10.6. The molecule has 2 N–H and O–H groups in total. The molecule has 0 radical (unpaired) electrons. The Bertz CT molecular complexity index is 373. The highest BCUT2D eigenvalue weighted by Crippen LogP contribution is 2.13. The summed E-state index contributed by atoms with van der Waals surface area (Å²) in [6.45, 7) is 4.77. The van der Waals surface area contributed by atoms with E-state index in [-0.39, 0.29) is 5.97 Å². The summed E-state index contributed by atoms with van der Waals surface area (Å²) in [6, 6.07) is 7.62. The number of hydrogen-bond donors (Lipinski definition) is 1. The first-order valence-corrected chi connectivity index (χ1v) is 6.66. The van der Waals surface area contributed by atoms with E-state index in [0.717, 1.165) is 24.1 Å². The number of nitrogens with two attached hydrogens (primary N) is 1. The molecule has 0 aromatic heterocycles. The standard InChI is InChI=1S/C15H23NO2/c1-3-12(4-2)11-18-15(17)10-9-13-7-5-6-8-14(13)16/h5-8,12H,3-4,9-11,16H2,1-2H3. The minimum absolute atomic E-state index is 0.134. The van der Waals surface area contributed by atoms with Crippen molar-refractivity contribution < 1.29 is 9.53 Å². The Balaban J connectivity index is 2.31. The first-order chi connectivity index (χ1) is 8.67. The lowest BCUT2D eigenvalue weighted by atomic mass is 10.1. The van der Waals surface area contributed by atoms with Gasteiger partial charge in [0.05, 0.1) is 6.61 Å². The van der Waals surface area contributed by atoms with Crippen molar-refractivity contribution in [1.82, 2.24) is 0 Å². The topological polar surface area (TPSA) is 52.3 Å². The molecule has 1 aromatic carbocycles. The van der Waals surface area contributed by atoms with Crippen molar-refractivity contribution in [1.29, 1.82) is 0 Å². The van der Waals surface area contributed by atoms with Crippen molar-refractivity contribution in [3.63, 3.8) is 0 Å². The maximum atomic E-state index is 11.6. The molecular weight excluding hydrogens is 226 g/mol. The summed E-state index contributed by atoms with van der Waals surface area (Å²) >= 11 is 0. The van der Waals surface area contributed by atoms with Gasteiger partial charge in [0.25, 0.3) is 0 Å². The molecule has 0 saturated heterocycles. The zero-order valence-electron chi connectivity index (χ0n) is 11.3. The highest BCUT2D eigenvalue weighted by Gasteiger charge is 2.09. The highest BCUT2D eigenvalue weighted by molar-refractivity contribution is 5.70. The second kappa shape index (κ2) is 7.75. The lowest BCUT2D eigenvalue weighted by molar-refractivity contribution is -0.145. The van der Waals surface area contributed by atoms with Crippen LogP contribution in [0.3, 0.4) is 0 Å². The van der Waals surface area contributed by atoms with E-state index in [9.17, 15) is 4.79 Å². The fourth-order valence-corrected chi connectivity index (χ4v) is 1.81. The Hall–Kier alpha value is -1.51. The van der Waals surface area contributed by atoms with Gasteiger partial charge in [-0.15, -0.1) is 0 Å². The molecule has 0 unspecified atom stereocenters. The average Bonchev–Trinajstić information content (AvgIpc) is 2.39. The quantitative estimate of drug-likeness (QED) is 0.596. The number of aryl methyl sites for hydroxylation is 1. The van der Waals surface area contributed by atoms with Gasteiger partial charge in [0.15, 0.2) is 0 Å². The summed E-state index contributed by atoms with van der Waals surface area (Å²) in [7, 11) is 0. The Morgan fingerprint density at radius 1 is 1.28 bits per heavy atom. The number of esters is 1. The largest absolute Gasteiger partial charge is 0.465 e. The van der Waals surface area contributed by atoms with Crippen molar-refractivity contribution in [2.24, 2.45) is 5.92 Å². The average molecular weight is 249 g/mol. The minimum atomic E-state index is -0.134. The number of carbonyl (C=O) groups excluding carboxylic acids is 1. The zero-order chi connectivity index (χ0) is 13.4. The third kappa shape index (κ3) is 4.78. The smallest absolute Gasteiger partial charge is 0.306 e. The van der Waals surface area contributed by atoms with Crippen LogP contribution in [0.25, 0.3) is 0 Å². The van der Waals surface area contributed by atoms with Crippen LogP contribution in [-0.4, -0.2) is 12.6 Å².